The van der Waals surface area contributed by atoms with E-state index in [1.54, 1.807) is 0 Å². The third-order valence-electron chi connectivity index (χ3n) is 2.15. The van der Waals surface area contributed by atoms with E-state index in [0.29, 0.717) is 12.2 Å². The molecule has 0 saturated carbocycles. The molecule has 82 valence electrons. The Morgan fingerprint density at radius 1 is 1.40 bits per heavy atom. The molecule has 15 heavy (non-hydrogen) atoms. The molecule has 1 aromatic carbocycles. The van der Waals surface area contributed by atoms with Gasteiger partial charge in [0.05, 0.1) is 6.61 Å². The number of aryl methyl sites for hydroxylation is 2. The summed E-state index contributed by atoms with van der Waals surface area (Å²) < 4.78 is 5.49. The van der Waals surface area contributed by atoms with Gasteiger partial charge >= 0.3 is 0 Å². The molecule has 0 radical (unpaired) electrons. The van der Waals surface area contributed by atoms with Crippen molar-refractivity contribution in [1.29, 1.82) is 0 Å². The Labute approximate surface area is 89.4 Å². The van der Waals surface area contributed by atoms with E-state index in [0.717, 1.165) is 16.9 Å². The highest BCUT2D eigenvalue weighted by molar-refractivity contribution is 5.97. The van der Waals surface area contributed by atoms with Gasteiger partial charge in [0.25, 0.3) is 0 Å². The number of hydrogen-bond acceptors (Lipinski definition) is 3. The molecule has 0 saturated heterocycles. The number of hydrogen-bond donors (Lipinski definition) is 2. The maximum absolute atomic E-state index is 8.57. The summed E-state index contributed by atoms with van der Waals surface area (Å²) in [5, 5.41) is 11.5. The zero-order chi connectivity index (χ0) is 11.4. The summed E-state index contributed by atoms with van der Waals surface area (Å²) in [7, 11) is 0. The normalized spacial score (nSPS) is 11.5. The summed E-state index contributed by atoms with van der Waals surface area (Å²) in [6.45, 7) is 6.44. The summed E-state index contributed by atoms with van der Waals surface area (Å²) in [5.74, 6) is 0.983. The summed E-state index contributed by atoms with van der Waals surface area (Å²) in [6, 6.07) is 3.68. The highest BCUT2D eigenvalue weighted by Crippen LogP contribution is 2.24. The van der Waals surface area contributed by atoms with Gasteiger partial charge in [-0.3, -0.25) is 0 Å². The number of rotatable bonds is 3. The number of nitrogens with zero attached hydrogens (tertiary/aromatic N) is 1. The lowest BCUT2D eigenvalue weighted by Crippen LogP contribution is -2.13. The second-order valence-corrected chi connectivity index (χ2v) is 3.36. The monoisotopic (exact) mass is 208 g/mol. The van der Waals surface area contributed by atoms with Gasteiger partial charge in [0, 0.05) is 5.56 Å². The second-order valence-electron chi connectivity index (χ2n) is 3.36. The zero-order valence-electron chi connectivity index (χ0n) is 9.24. The highest BCUT2D eigenvalue weighted by Gasteiger charge is 2.08. The Kier molecular flexibility index (Phi) is 3.55. The third kappa shape index (κ3) is 2.40. The van der Waals surface area contributed by atoms with Crippen LogP contribution < -0.4 is 10.5 Å². The third-order valence-corrected chi connectivity index (χ3v) is 2.15. The molecular formula is C11H16N2O2. The average molecular weight is 208 g/mol. The van der Waals surface area contributed by atoms with Gasteiger partial charge in [-0.05, 0) is 44.0 Å². The minimum absolute atomic E-state index is 0.115. The fourth-order valence-corrected chi connectivity index (χ4v) is 1.53. The molecule has 0 aliphatic carbocycles. The molecule has 0 aliphatic heterocycles. The van der Waals surface area contributed by atoms with Crippen molar-refractivity contribution in [3.05, 3.63) is 28.8 Å². The van der Waals surface area contributed by atoms with Crippen molar-refractivity contribution in [3.63, 3.8) is 0 Å². The summed E-state index contributed by atoms with van der Waals surface area (Å²) in [4.78, 5) is 0. The Balaban J connectivity index is 3.19. The van der Waals surface area contributed by atoms with E-state index in [9.17, 15) is 0 Å². The lowest BCUT2D eigenvalue weighted by atomic mass is 10.1. The molecular weight excluding hydrogens is 192 g/mol. The molecule has 0 heterocycles. The Hall–Kier alpha value is -1.71. The number of oxime groups is 1. The Morgan fingerprint density at radius 2 is 1.93 bits per heavy atom. The van der Waals surface area contributed by atoms with Crippen molar-refractivity contribution in [1.82, 2.24) is 0 Å². The predicted octanol–water partition coefficient (Wildman–Crippen LogP) is 1.80. The molecule has 0 bridgehead atoms. The van der Waals surface area contributed by atoms with Crippen molar-refractivity contribution >= 4 is 5.84 Å². The van der Waals surface area contributed by atoms with E-state index in [1.165, 1.54) is 0 Å². The van der Waals surface area contributed by atoms with Crippen LogP contribution in [0.4, 0.5) is 0 Å². The summed E-state index contributed by atoms with van der Waals surface area (Å²) >= 11 is 0. The van der Waals surface area contributed by atoms with Gasteiger partial charge in [0.2, 0.25) is 0 Å². The van der Waals surface area contributed by atoms with Crippen molar-refractivity contribution in [2.75, 3.05) is 6.61 Å². The molecule has 0 atom stereocenters. The number of benzene rings is 1. The van der Waals surface area contributed by atoms with Gasteiger partial charge in [0.1, 0.15) is 5.75 Å². The first-order valence-electron chi connectivity index (χ1n) is 4.82. The minimum Gasteiger partial charge on any atom is -0.493 e. The van der Waals surface area contributed by atoms with Crippen LogP contribution in [0.3, 0.4) is 0 Å². The quantitative estimate of drug-likeness (QED) is 0.344. The van der Waals surface area contributed by atoms with Gasteiger partial charge in [-0.25, -0.2) is 0 Å². The van der Waals surface area contributed by atoms with Gasteiger partial charge in [-0.2, -0.15) is 0 Å². The van der Waals surface area contributed by atoms with Crippen LogP contribution in [0.2, 0.25) is 0 Å². The molecule has 4 heteroatoms. The van der Waals surface area contributed by atoms with Crippen LogP contribution in [0.1, 0.15) is 23.6 Å². The van der Waals surface area contributed by atoms with Crippen LogP contribution in [0.25, 0.3) is 0 Å². The number of ether oxygens (including phenoxy) is 1. The standard InChI is InChI=1S/C11H16N2O2/c1-4-15-10-7(2)5-9(6-8(10)3)11(12)13-14/h5-6,14H,4H2,1-3H3,(H2,12,13). The smallest absolute Gasteiger partial charge is 0.170 e. The molecule has 0 aromatic heterocycles. The van der Waals surface area contributed by atoms with Gasteiger partial charge in [-0.15, -0.1) is 0 Å². The van der Waals surface area contributed by atoms with E-state index in [1.807, 2.05) is 32.9 Å². The van der Waals surface area contributed by atoms with Crippen LogP contribution in [-0.2, 0) is 0 Å². The molecule has 0 aliphatic rings. The van der Waals surface area contributed by atoms with Crippen molar-refractivity contribution < 1.29 is 9.94 Å². The first-order chi connectivity index (χ1) is 7.10. The van der Waals surface area contributed by atoms with E-state index in [2.05, 4.69) is 5.16 Å². The molecule has 0 amide bonds. The lowest BCUT2D eigenvalue weighted by molar-refractivity contribution is 0.318. The average Bonchev–Trinajstić information content (AvgIpc) is 2.22. The zero-order valence-corrected chi connectivity index (χ0v) is 9.24. The van der Waals surface area contributed by atoms with Gasteiger partial charge in [-0.1, -0.05) is 5.16 Å². The fourth-order valence-electron chi connectivity index (χ4n) is 1.53. The first-order valence-corrected chi connectivity index (χ1v) is 4.82. The van der Waals surface area contributed by atoms with Crippen LogP contribution in [0.5, 0.6) is 5.75 Å². The van der Waals surface area contributed by atoms with Gasteiger partial charge < -0.3 is 15.7 Å². The summed E-state index contributed by atoms with van der Waals surface area (Å²) in [5.41, 5.74) is 8.19. The fraction of sp³-hybridized carbons (Fsp3) is 0.364. The second kappa shape index (κ2) is 4.68. The van der Waals surface area contributed by atoms with Crippen molar-refractivity contribution in [3.8, 4) is 5.75 Å². The van der Waals surface area contributed by atoms with Crippen LogP contribution in [-0.4, -0.2) is 17.6 Å². The van der Waals surface area contributed by atoms with E-state index < -0.39 is 0 Å². The molecule has 0 spiro atoms. The minimum atomic E-state index is 0.115. The topological polar surface area (TPSA) is 67.8 Å². The maximum Gasteiger partial charge on any atom is 0.170 e. The molecule has 1 rings (SSSR count). The molecule has 0 unspecified atom stereocenters. The number of amidine groups is 1. The Bertz CT molecular complexity index is 363. The summed E-state index contributed by atoms with van der Waals surface area (Å²) in [6.07, 6.45) is 0. The first kappa shape index (κ1) is 11.4. The lowest BCUT2D eigenvalue weighted by Gasteiger charge is -2.12. The van der Waals surface area contributed by atoms with Gasteiger partial charge in [0.15, 0.2) is 5.84 Å². The predicted molar refractivity (Wildman–Crippen MR) is 59.6 cm³/mol. The molecule has 0 fully saturated rings. The van der Waals surface area contributed by atoms with Crippen LogP contribution >= 0.6 is 0 Å². The van der Waals surface area contributed by atoms with E-state index >= 15 is 0 Å². The van der Waals surface area contributed by atoms with E-state index in [-0.39, 0.29) is 5.84 Å². The maximum atomic E-state index is 8.57. The van der Waals surface area contributed by atoms with Crippen molar-refractivity contribution in [2.45, 2.75) is 20.8 Å². The van der Waals surface area contributed by atoms with Crippen LogP contribution in [0.15, 0.2) is 17.3 Å². The SMILES string of the molecule is CCOc1c(C)cc(C(N)=NO)cc1C. The molecule has 1 aromatic rings. The highest BCUT2D eigenvalue weighted by atomic mass is 16.5. The van der Waals surface area contributed by atoms with Crippen LogP contribution in [0, 0.1) is 13.8 Å². The molecule has 3 N–H and O–H groups in total. The molecule has 4 nitrogen and oxygen atoms in total. The Morgan fingerprint density at radius 3 is 2.33 bits per heavy atom. The largest absolute Gasteiger partial charge is 0.493 e. The van der Waals surface area contributed by atoms with E-state index in [4.69, 9.17) is 15.7 Å². The van der Waals surface area contributed by atoms with Crippen molar-refractivity contribution in [2.24, 2.45) is 10.9 Å². The number of nitrogens with two attached hydrogens (primary N) is 1.